The van der Waals surface area contributed by atoms with Crippen LogP contribution in [-0.2, 0) is 24.3 Å². The number of rotatable bonds is 5. The van der Waals surface area contributed by atoms with Gasteiger partial charge in [0.25, 0.3) is 15.9 Å². The van der Waals surface area contributed by atoms with Gasteiger partial charge in [-0.3, -0.25) is 4.79 Å². The van der Waals surface area contributed by atoms with Crippen LogP contribution < -0.4 is 5.32 Å². The van der Waals surface area contributed by atoms with E-state index in [1.165, 1.54) is 47.5 Å². The van der Waals surface area contributed by atoms with E-state index in [0.29, 0.717) is 5.69 Å². The summed E-state index contributed by atoms with van der Waals surface area (Å²) in [5.74, 6) is -1.61. The molecule has 28 heavy (non-hydrogen) atoms. The smallest absolute Gasteiger partial charge is 0.340 e. The van der Waals surface area contributed by atoms with Crippen molar-refractivity contribution in [3.05, 3.63) is 54.0 Å². The van der Waals surface area contributed by atoms with Crippen LogP contribution in [0.1, 0.15) is 13.3 Å². The number of amidine groups is 1. The molecule has 0 saturated heterocycles. The maximum atomic E-state index is 12.9. The minimum atomic E-state index is -3.48. The van der Waals surface area contributed by atoms with Crippen LogP contribution in [0, 0.1) is 5.82 Å². The number of nitrogens with one attached hydrogen (secondary N) is 1. The van der Waals surface area contributed by atoms with E-state index < -0.39 is 33.8 Å². The van der Waals surface area contributed by atoms with Gasteiger partial charge in [0, 0.05) is 18.4 Å². The quantitative estimate of drug-likeness (QED) is 0.743. The number of hydrogen-bond acceptors (Lipinski definition) is 6. The average molecular weight is 407 g/mol. The fraction of sp³-hybridized carbons (Fsp3) is 0.278. The lowest BCUT2D eigenvalue weighted by molar-refractivity contribution is -0.150. The molecule has 1 N–H and O–H groups in total. The first kappa shape index (κ1) is 19.7. The number of benzene rings is 1. The Morgan fingerprint density at radius 2 is 2.00 bits per heavy atom. The normalized spacial score (nSPS) is 18.4. The molecule has 0 aromatic heterocycles. The van der Waals surface area contributed by atoms with Gasteiger partial charge in [0.15, 0.2) is 6.10 Å². The van der Waals surface area contributed by atoms with E-state index in [0.717, 1.165) is 0 Å². The average Bonchev–Trinajstić information content (AvgIpc) is 2.66. The zero-order valence-corrected chi connectivity index (χ0v) is 15.8. The highest BCUT2D eigenvalue weighted by Gasteiger charge is 2.27. The minimum absolute atomic E-state index is 0.152. The van der Waals surface area contributed by atoms with Crippen LogP contribution in [0.2, 0.25) is 0 Å². The number of fused-ring (bicyclic) bond motifs is 1. The summed E-state index contributed by atoms with van der Waals surface area (Å²) in [6.07, 6.45) is 3.45. The van der Waals surface area contributed by atoms with Crippen molar-refractivity contribution in [3.63, 3.8) is 0 Å². The number of carbonyl (C=O) groups is 2. The number of carbonyl (C=O) groups excluding carboxylic acids is 2. The molecule has 0 saturated carbocycles. The Morgan fingerprint density at radius 3 is 2.68 bits per heavy atom. The molecule has 0 fully saturated rings. The Bertz CT molecular complexity index is 983. The van der Waals surface area contributed by atoms with E-state index in [9.17, 15) is 22.4 Å². The van der Waals surface area contributed by atoms with Crippen molar-refractivity contribution in [2.75, 3.05) is 17.6 Å². The number of ether oxygens (including phenoxy) is 1. The van der Waals surface area contributed by atoms with Crippen LogP contribution >= 0.6 is 0 Å². The molecular formula is C18H18FN3O5S. The number of halogens is 1. The van der Waals surface area contributed by atoms with Crippen molar-refractivity contribution in [2.45, 2.75) is 19.4 Å². The van der Waals surface area contributed by atoms with E-state index in [-0.39, 0.29) is 30.1 Å². The van der Waals surface area contributed by atoms with Gasteiger partial charge in [0.1, 0.15) is 11.7 Å². The third-order valence-corrected chi connectivity index (χ3v) is 5.25. The highest BCUT2D eigenvalue weighted by Crippen LogP contribution is 2.18. The molecule has 8 nitrogen and oxygen atoms in total. The van der Waals surface area contributed by atoms with Crippen molar-refractivity contribution >= 4 is 33.4 Å². The van der Waals surface area contributed by atoms with E-state index >= 15 is 0 Å². The standard InChI is InChI=1S/C18H18FN3O5S/c1-2-15(17(23)20-14-6-4-13(19)5-7-14)27-18(24)12-3-8-16-21-28(25,26)10-9-22(16)11-12/h3-8,11,15H,2,9-10H2,1H3,(H,20,23)/t15-/m0/s1. The molecule has 1 aromatic rings. The van der Waals surface area contributed by atoms with Crippen LogP contribution in [-0.4, -0.2) is 49.4 Å². The van der Waals surface area contributed by atoms with Gasteiger partial charge in [-0.05, 0) is 42.8 Å². The molecule has 1 aromatic carbocycles. The summed E-state index contributed by atoms with van der Waals surface area (Å²) in [5, 5.41) is 2.57. The molecule has 0 aliphatic carbocycles. The molecule has 0 spiro atoms. The maximum Gasteiger partial charge on any atom is 0.340 e. The molecule has 0 unspecified atom stereocenters. The van der Waals surface area contributed by atoms with Crippen LogP contribution in [0.15, 0.2) is 52.6 Å². The third-order valence-electron chi connectivity index (χ3n) is 4.08. The molecule has 2 aliphatic rings. The predicted molar refractivity (Wildman–Crippen MR) is 100 cm³/mol. The fourth-order valence-electron chi connectivity index (χ4n) is 2.60. The van der Waals surface area contributed by atoms with Crippen molar-refractivity contribution in [2.24, 2.45) is 4.40 Å². The molecule has 0 bridgehead atoms. The number of esters is 1. The van der Waals surface area contributed by atoms with Crippen LogP contribution in [0.4, 0.5) is 10.1 Å². The van der Waals surface area contributed by atoms with Crippen molar-refractivity contribution in [3.8, 4) is 0 Å². The molecule has 148 valence electrons. The van der Waals surface area contributed by atoms with Crippen molar-refractivity contribution in [1.29, 1.82) is 0 Å². The molecule has 3 rings (SSSR count). The largest absolute Gasteiger partial charge is 0.449 e. The Hall–Kier alpha value is -3.01. The molecule has 1 amide bonds. The fourth-order valence-corrected chi connectivity index (χ4v) is 3.57. The van der Waals surface area contributed by atoms with E-state index in [1.807, 2.05) is 0 Å². The zero-order chi connectivity index (χ0) is 20.3. The van der Waals surface area contributed by atoms with Gasteiger partial charge in [-0.2, -0.15) is 0 Å². The number of amides is 1. The third kappa shape index (κ3) is 4.63. The summed E-state index contributed by atoms with van der Waals surface area (Å²) >= 11 is 0. The second kappa shape index (κ2) is 7.93. The summed E-state index contributed by atoms with van der Waals surface area (Å²) in [6.45, 7) is 1.86. The van der Waals surface area contributed by atoms with Gasteiger partial charge >= 0.3 is 5.97 Å². The summed E-state index contributed by atoms with van der Waals surface area (Å²) in [7, 11) is -3.48. The number of anilines is 1. The monoisotopic (exact) mass is 407 g/mol. The van der Waals surface area contributed by atoms with Crippen LogP contribution in [0.25, 0.3) is 0 Å². The highest BCUT2D eigenvalue weighted by atomic mass is 32.2. The molecule has 0 radical (unpaired) electrons. The Kier molecular flexibility index (Phi) is 5.59. The lowest BCUT2D eigenvalue weighted by Crippen LogP contribution is -2.38. The molecule has 1 atom stereocenters. The van der Waals surface area contributed by atoms with Gasteiger partial charge in [-0.25, -0.2) is 17.6 Å². The van der Waals surface area contributed by atoms with E-state index in [2.05, 4.69) is 9.71 Å². The van der Waals surface area contributed by atoms with Crippen LogP contribution in [0.3, 0.4) is 0 Å². The van der Waals surface area contributed by atoms with Gasteiger partial charge in [0.2, 0.25) is 0 Å². The summed E-state index contributed by atoms with van der Waals surface area (Å²) in [6, 6.07) is 5.22. The number of nitrogens with zero attached hydrogens (tertiary/aromatic N) is 2. The zero-order valence-electron chi connectivity index (χ0n) is 15.0. The SMILES string of the molecule is CC[C@H](OC(=O)C1=CN2CCS(=O)(=O)N=C2C=C1)C(=O)Nc1ccc(F)cc1. The van der Waals surface area contributed by atoms with Crippen molar-refractivity contribution in [1.82, 2.24) is 4.90 Å². The minimum Gasteiger partial charge on any atom is -0.449 e. The number of sulfonamides is 1. The second-order valence-electron chi connectivity index (χ2n) is 6.15. The van der Waals surface area contributed by atoms with Crippen molar-refractivity contribution < 1.29 is 27.1 Å². The van der Waals surface area contributed by atoms with Gasteiger partial charge < -0.3 is 15.0 Å². The molecular weight excluding hydrogens is 389 g/mol. The molecule has 2 heterocycles. The van der Waals surface area contributed by atoms with E-state index in [4.69, 9.17) is 4.74 Å². The maximum absolute atomic E-state index is 12.9. The molecule has 2 aliphatic heterocycles. The van der Waals surface area contributed by atoms with E-state index in [1.54, 1.807) is 6.92 Å². The predicted octanol–water partition coefficient (Wildman–Crippen LogP) is 1.58. The first-order valence-electron chi connectivity index (χ1n) is 8.54. The van der Waals surface area contributed by atoms with Gasteiger partial charge in [-0.15, -0.1) is 4.40 Å². The first-order chi connectivity index (χ1) is 13.3. The molecule has 10 heteroatoms. The van der Waals surface area contributed by atoms with Crippen LogP contribution in [0.5, 0.6) is 0 Å². The lowest BCUT2D eigenvalue weighted by atomic mass is 10.2. The Balaban J connectivity index is 1.66. The number of hydrogen-bond donors (Lipinski definition) is 1. The van der Waals surface area contributed by atoms with Gasteiger partial charge in [-0.1, -0.05) is 6.92 Å². The topological polar surface area (TPSA) is 105 Å². The Labute approximate surface area is 161 Å². The first-order valence-corrected chi connectivity index (χ1v) is 10.1. The highest BCUT2D eigenvalue weighted by molar-refractivity contribution is 7.90. The summed E-state index contributed by atoms with van der Waals surface area (Å²) in [5.41, 5.74) is 0.555. The Morgan fingerprint density at radius 1 is 1.29 bits per heavy atom. The second-order valence-corrected chi connectivity index (χ2v) is 7.90. The summed E-state index contributed by atoms with van der Waals surface area (Å²) < 4.78 is 44.9. The lowest BCUT2D eigenvalue weighted by Gasteiger charge is -2.27. The summed E-state index contributed by atoms with van der Waals surface area (Å²) in [4.78, 5) is 26.3. The van der Waals surface area contributed by atoms with Gasteiger partial charge in [0.05, 0.1) is 11.3 Å².